The average molecular weight is 254 g/mol. The summed E-state index contributed by atoms with van der Waals surface area (Å²) in [6.45, 7) is 6.18. The van der Waals surface area contributed by atoms with Crippen molar-refractivity contribution >= 4 is 0 Å². The van der Waals surface area contributed by atoms with E-state index in [0.29, 0.717) is 0 Å². The summed E-state index contributed by atoms with van der Waals surface area (Å²) in [5.41, 5.74) is 0.925. The van der Waals surface area contributed by atoms with Gasteiger partial charge in [0.15, 0.2) is 0 Å². The Morgan fingerprint density at radius 1 is 0.789 bits per heavy atom. The summed E-state index contributed by atoms with van der Waals surface area (Å²) in [6.07, 6.45) is 0.874. The van der Waals surface area contributed by atoms with Gasteiger partial charge in [-0.1, -0.05) is 74.5 Å². The quantitative estimate of drug-likeness (QED) is 0.864. The summed E-state index contributed by atoms with van der Waals surface area (Å²) < 4.78 is 0. The highest BCUT2D eigenvalue weighted by atomic mass is 16.3. The molecule has 1 heteroatoms. The van der Waals surface area contributed by atoms with Crippen LogP contribution in [0, 0.1) is 0 Å². The van der Waals surface area contributed by atoms with Gasteiger partial charge >= 0.3 is 0 Å². The van der Waals surface area contributed by atoms with E-state index in [2.05, 4.69) is 26.0 Å². The molecule has 100 valence electrons. The average Bonchev–Trinajstić information content (AvgIpc) is 2.48. The highest BCUT2D eigenvalue weighted by Crippen LogP contribution is 2.44. The number of hydrogen-bond acceptors (Lipinski definition) is 1. The van der Waals surface area contributed by atoms with Crippen molar-refractivity contribution in [1.29, 1.82) is 0 Å². The van der Waals surface area contributed by atoms with Crippen LogP contribution < -0.4 is 0 Å². The molecule has 1 nitrogen and oxygen atoms in total. The van der Waals surface area contributed by atoms with Crippen molar-refractivity contribution in [3.05, 3.63) is 71.8 Å². The van der Waals surface area contributed by atoms with Gasteiger partial charge in [0.2, 0.25) is 0 Å². The number of rotatable bonds is 4. The Bertz CT molecular complexity index is 516. The van der Waals surface area contributed by atoms with E-state index in [1.54, 1.807) is 0 Å². The molecule has 0 aromatic heterocycles. The molecule has 0 radical (unpaired) electrons. The lowest BCUT2D eigenvalue weighted by molar-refractivity contribution is -0.0241. The third kappa shape index (κ3) is 2.31. The lowest BCUT2D eigenvalue weighted by Crippen LogP contribution is -2.44. The van der Waals surface area contributed by atoms with Gasteiger partial charge in [0, 0.05) is 5.41 Å². The Labute approximate surface area is 115 Å². The molecule has 0 bridgehead atoms. The molecule has 0 unspecified atom stereocenters. The van der Waals surface area contributed by atoms with E-state index in [1.807, 2.05) is 55.5 Å². The van der Waals surface area contributed by atoms with Crippen LogP contribution in [0.15, 0.2) is 60.7 Å². The normalized spacial score (nSPS) is 17.5. The largest absolute Gasteiger partial charge is 0.385 e. The van der Waals surface area contributed by atoms with E-state index in [9.17, 15) is 5.11 Å². The van der Waals surface area contributed by atoms with E-state index in [-0.39, 0.29) is 5.41 Å². The van der Waals surface area contributed by atoms with E-state index < -0.39 is 5.60 Å². The zero-order valence-corrected chi connectivity index (χ0v) is 11.9. The number of benzene rings is 2. The van der Waals surface area contributed by atoms with E-state index in [0.717, 1.165) is 12.0 Å². The molecule has 0 saturated carbocycles. The van der Waals surface area contributed by atoms with Gasteiger partial charge in [-0.2, -0.15) is 0 Å². The molecular weight excluding hydrogens is 232 g/mol. The molecule has 0 saturated heterocycles. The van der Waals surface area contributed by atoms with E-state index in [1.165, 1.54) is 5.56 Å². The Kier molecular flexibility index (Phi) is 3.77. The highest BCUT2D eigenvalue weighted by Gasteiger charge is 2.44. The zero-order valence-electron chi connectivity index (χ0n) is 11.9. The fraction of sp³-hybridized carbons (Fsp3) is 0.333. The second-order valence-electron chi connectivity index (χ2n) is 5.49. The monoisotopic (exact) mass is 254 g/mol. The molecule has 2 aromatic rings. The van der Waals surface area contributed by atoms with Gasteiger partial charge in [-0.05, 0) is 24.5 Å². The topological polar surface area (TPSA) is 20.2 Å². The van der Waals surface area contributed by atoms with Crippen molar-refractivity contribution in [2.45, 2.75) is 38.2 Å². The standard InChI is InChI=1S/C18H22O/c1-4-17(2,15-11-7-5-8-12-15)18(3,19)16-13-9-6-10-14-16/h5-14,19H,4H2,1-3H3/t17-,18+/m0/s1. The smallest absolute Gasteiger partial charge is 0.0961 e. The number of aliphatic hydroxyl groups is 1. The third-order valence-electron chi connectivity index (χ3n) is 4.53. The Hall–Kier alpha value is -1.60. The van der Waals surface area contributed by atoms with Crippen molar-refractivity contribution < 1.29 is 5.11 Å². The summed E-state index contributed by atoms with van der Waals surface area (Å²) in [4.78, 5) is 0. The fourth-order valence-corrected chi connectivity index (χ4v) is 2.72. The summed E-state index contributed by atoms with van der Waals surface area (Å²) in [6, 6.07) is 20.2. The molecular formula is C18H22O. The number of hydrogen-bond donors (Lipinski definition) is 1. The van der Waals surface area contributed by atoms with Gasteiger partial charge in [0.1, 0.15) is 0 Å². The van der Waals surface area contributed by atoms with Gasteiger partial charge in [0.25, 0.3) is 0 Å². The minimum Gasteiger partial charge on any atom is -0.385 e. The first-order valence-electron chi connectivity index (χ1n) is 6.86. The molecule has 1 N–H and O–H groups in total. The molecule has 0 aliphatic heterocycles. The highest BCUT2D eigenvalue weighted by molar-refractivity contribution is 5.34. The van der Waals surface area contributed by atoms with Gasteiger partial charge < -0.3 is 5.11 Å². The van der Waals surface area contributed by atoms with Crippen LogP contribution in [0.1, 0.15) is 38.3 Å². The molecule has 0 aliphatic rings. The predicted octanol–water partition coefficient (Wildman–Crippen LogP) is 4.26. The predicted molar refractivity (Wildman–Crippen MR) is 80.1 cm³/mol. The van der Waals surface area contributed by atoms with Crippen LogP contribution in [-0.4, -0.2) is 5.11 Å². The fourth-order valence-electron chi connectivity index (χ4n) is 2.72. The second-order valence-corrected chi connectivity index (χ2v) is 5.49. The van der Waals surface area contributed by atoms with Crippen LogP contribution in [0.25, 0.3) is 0 Å². The summed E-state index contributed by atoms with van der Waals surface area (Å²) >= 11 is 0. The Morgan fingerprint density at radius 3 is 1.63 bits per heavy atom. The first-order valence-corrected chi connectivity index (χ1v) is 6.86. The summed E-state index contributed by atoms with van der Waals surface area (Å²) in [5, 5.41) is 11.2. The molecule has 0 fully saturated rings. The lowest BCUT2D eigenvalue weighted by Gasteiger charge is -2.43. The molecule has 0 amide bonds. The Morgan fingerprint density at radius 2 is 1.21 bits per heavy atom. The van der Waals surface area contributed by atoms with Crippen LogP contribution in [0.5, 0.6) is 0 Å². The van der Waals surface area contributed by atoms with Gasteiger partial charge in [-0.15, -0.1) is 0 Å². The van der Waals surface area contributed by atoms with Crippen LogP contribution in [-0.2, 0) is 11.0 Å². The van der Waals surface area contributed by atoms with Crippen LogP contribution in [0.4, 0.5) is 0 Å². The van der Waals surface area contributed by atoms with Crippen molar-refractivity contribution in [3.63, 3.8) is 0 Å². The minimum absolute atomic E-state index is 0.310. The second kappa shape index (κ2) is 5.18. The van der Waals surface area contributed by atoms with Crippen LogP contribution in [0.3, 0.4) is 0 Å². The third-order valence-corrected chi connectivity index (χ3v) is 4.53. The maximum Gasteiger partial charge on any atom is 0.0961 e. The van der Waals surface area contributed by atoms with Crippen molar-refractivity contribution in [1.82, 2.24) is 0 Å². The molecule has 0 aliphatic carbocycles. The van der Waals surface area contributed by atoms with E-state index in [4.69, 9.17) is 0 Å². The van der Waals surface area contributed by atoms with Gasteiger partial charge in [-0.25, -0.2) is 0 Å². The zero-order chi connectivity index (χ0) is 13.9. The SMILES string of the molecule is CC[C@@](C)(c1ccccc1)[C@](C)(O)c1ccccc1. The molecule has 2 rings (SSSR count). The maximum atomic E-state index is 11.2. The molecule has 2 aromatic carbocycles. The van der Waals surface area contributed by atoms with Crippen molar-refractivity contribution in [3.8, 4) is 0 Å². The van der Waals surface area contributed by atoms with Crippen molar-refractivity contribution in [2.75, 3.05) is 0 Å². The minimum atomic E-state index is -0.898. The van der Waals surface area contributed by atoms with Gasteiger partial charge in [-0.3, -0.25) is 0 Å². The molecule has 19 heavy (non-hydrogen) atoms. The van der Waals surface area contributed by atoms with Crippen LogP contribution in [0.2, 0.25) is 0 Å². The lowest BCUT2D eigenvalue weighted by atomic mass is 9.65. The summed E-state index contributed by atoms with van der Waals surface area (Å²) in [7, 11) is 0. The molecule has 2 atom stereocenters. The van der Waals surface area contributed by atoms with Crippen molar-refractivity contribution in [2.24, 2.45) is 0 Å². The molecule has 0 heterocycles. The first kappa shape index (κ1) is 13.8. The van der Waals surface area contributed by atoms with E-state index >= 15 is 0 Å². The van der Waals surface area contributed by atoms with Gasteiger partial charge in [0.05, 0.1) is 5.60 Å². The summed E-state index contributed by atoms with van der Waals surface area (Å²) in [5.74, 6) is 0. The first-order chi connectivity index (χ1) is 9.02. The maximum absolute atomic E-state index is 11.2. The Balaban J connectivity index is 2.52. The van der Waals surface area contributed by atoms with Crippen LogP contribution >= 0.6 is 0 Å². The molecule has 0 spiro atoms.